The Kier molecular flexibility index (Phi) is 9.67. The fraction of sp³-hybridized carbons (Fsp3) is 0.423. The van der Waals surface area contributed by atoms with Gasteiger partial charge in [0.15, 0.2) is 5.75 Å². The number of imide groups is 1. The number of thioether (sulfide) groups is 1. The number of unbranched alkanes of at least 4 members (excludes halogenated alkanes) is 1. The number of carbonyl (C=O) groups is 3. The van der Waals surface area contributed by atoms with Gasteiger partial charge in [0.2, 0.25) is 5.75 Å². The number of fused-ring (bicyclic) bond motifs is 1. The fourth-order valence-corrected chi connectivity index (χ4v) is 6.47. The van der Waals surface area contributed by atoms with Crippen LogP contribution in [0.4, 0.5) is 21.0 Å². The zero-order chi connectivity index (χ0) is 30.4. The maximum Gasteiger partial charge on any atom is 0.418 e. The summed E-state index contributed by atoms with van der Waals surface area (Å²) < 4.78 is 20.8. The minimum absolute atomic E-state index is 0.0696. The molecule has 224 valence electrons. The van der Waals surface area contributed by atoms with Crippen LogP contribution >= 0.6 is 11.8 Å². The molecule has 2 heterocycles. The molecule has 0 saturated carbocycles. The van der Waals surface area contributed by atoms with Gasteiger partial charge in [-0.05, 0) is 37.1 Å². The molecule has 1 N–H and O–H groups in total. The third-order valence-corrected chi connectivity index (χ3v) is 8.34. The Morgan fingerprint density at radius 3 is 2.43 bits per heavy atom. The van der Waals surface area contributed by atoms with E-state index in [0.717, 1.165) is 4.90 Å². The number of esters is 1. The molecule has 2 aromatic carbocycles. The van der Waals surface area contributed by atoms with Crippen LogP contribution in [0.1, 0.15) is 31.2 Å². The van der Waals surface area contributed by atoms with E-state index in [4.69, 9.17) is 18.9 Å². The molecule has 3 amide bonds. The van der Waals surface area contributed by atoms with Crippen molar-refractivity contribution in [2.24, 2.45) is 0 Å². The Morgan fingerprint density at radius 2 is 1.79 bits per heavy atom. The molecule has 2 aromatic rings. The van der Waals surface area contributed by atoms with Crippen LogP contribution in [0.5, 0.6) is 17.2 Å². The molecule has 42 heavy (non-hydrogen) atoms. The van der Waals surface area contributed by atoms with Gasteiger partial charge < -0.3 is 24.3 Å². The molecule has 2 aliphatic rings. The summed E-state index contributed by atoms with van der Waals surface area (Å²) in [5.41, 5.74) is -0.447. The fourth-order valence-electron chi connectivity index (χ4n) is 4.89. The minimum atomic E-state index is -0.928. The topological polar surface area (TPSA) is 190 Å². The molecule has 2 aliphatic heterocycles. The molecule has 2 saturated heterocycles. The van der Waals surface area contributed by atoms with E-state index in [2.05, 4.69) is 5.32 Å². The van der Waals surface area contributed by atoms with Gasteiger partial charge in [0.1, 0.15) is 12.4 Å². The first kappa shape index (κ1) is 30.4. The van der Waals surface area contributed by atoms with Crippen molar-refractivity contribution in [3.05, 3.63) is 62.2 Å². The molecule has 16 heteroatoms. The Morgan fingerprint density at radius 1 is 1.05 bits per heavy atom. The highest BCUT2D eigenvalue weighted by atomic mass is 32.2. The highest BCUT2D eigenvalue weighted by Gasteiger charge is 2.51. The average molecular weight is 605 g/mol. The van der Waals surface area contributed by atoms with Gasteiger partial charge in [-0.3, -0.25) is 25.0 Å². The van der Waals surface area contributed by atoms with Gasteiger partial charge in [-0.1, -0.05) is 6.42 Å². The molecular weight excluding hydrogens is 576 g/mol. The van der Waals surface area contributed by atoms with E-state index < -0.39 is 46.3 Å². The van der Waals surface area contributed by atoms with E-state index in [1.54, 1.807) is 11.8 Å². The molecule has 0 unspecified atom stereocenters. The van der Waals surface area contributed by atoms with Crippen LogP contribution < -0.4 is 19.5 Å². The van der Waals surface area contributed by atoms with Crippen molar-refractivity contribution in [3.63, 3.8) is 0 Å². The Bertz CT molecular complexity index is 1370. The van der Waals surface area contributed by atoms with Crippen LogP contribution in [0, 0.1) is 20.2 Å². The lowest BCUT2D eigenvalue weighted by molar-refractivity contribution is -0.386. The molecular formula is C26H28N4O11S. The third-order valence-electron chi connectivity index (χ3n) is 6.84. The van der Waals surface area contributed by atoms with Gasteiger partial charge in [0.05, 0.1) is 41.7 Å². The predicted molar refractivity (Wildman–Crippen MR) is 148 cm³/mol. The number of nitro groups is 2. The lowest BCUT2D eigenvalue weighted by Crippen LogP contribution is -2.44. The number of ether oxygens (including phenoxy) is 4. The Labute approximate surface area is 243 Å². The van der Waals surface area contributed by atoms with Crippen LogP contribution in [0.3, 0.4) is 0 Å². The van der Waals surface area contributed by atoms with Crippen LogP contribution in [-0.4, -0.2) is 70.1 Å². The lowest BCUT2D eigenvalue weighted by atomic mass is 10.0. The number of rotatable bonds is 12. The monoisotopic (exact) mass is 604 g/mol. The van der Waals surface area contributed by atoms with E-state index in [1.165, 1.54) is 50.6 Å². The summed E-state index contributed by atoms with van der Waals surface area (Å²) in [6, 6.07) is 6.69. The first-order chi connectivity index (χ1) is 20.1. The number of methoxy groups -OCH3 is 2. The standard InChI is InChI=1S/C26H28N4O11S/c1-38-19-12-7-15(22(30(36)37)24(19)39-2)13-40-26(33)28-23-18(27-25(28)32)14-42-20(23)5-3-4-6-21(31)41-17-10-8-16(9-11-17)29(34)35/h7-12,18,20,23H,3-6,13-14H2,1-2H3,(H,27,32)/t18-,20-,23-/m1/s1. The van der Waals surface area contributed by atoms with E-state index in [1.807, 2.05) is 0 Å². The van der Waals surface area contributed by atoms with Crippen LogP contribution in [0.25, 0.3) is 0 Å². The van der Waals surface area contributed by atoms with Gasteiger partial charge in [-0.15, -0.1) is 0 Å². The zero-order valence-corrected chi connectivity index (χ0v) is 23.5. The SMILES string of the molecule is COc1ccc(COC(=O)N2C(=O)N[C@@H]3CS[C@H](CCCCC(=O)Oc4ccc([N+](=O)[O-])cc4)[C@@H]32)c([N+](=O)[O-])c1OC. The summed E-state index contributed by atoms with van der Waals surface area (Å²) in [5, 5.41) is 25.1. The second-order valence-corrected chi connectivity index (χ2v) is 10.7. The van der Waals surface area contributed by atoms with Crippen molar-refractivity contribution in [2.75, 3.05) is 20.0 Å². The summed E-state index contributed by atoms with van der Waals surface area (Å²) in [4.78, 5) is 60.1. The number of urea groups is 1. The van der Waals surface area contributed by atoms with E-state index in [9.17, 15) is 34.6 Å². The molecule has 4 rings (SSSR count). The highest BCUT2D eigenvalue weighted by molar-refractivity contribution is 8.00. The summed E-state index contributed by atoms with van der Waals surface area (Å²) in [5.74, 6) is 0.357. The third kappa shape index (κ3) is 6.64. The summed E-state index contributed by atoms with van der Waals surface area (Å²) in [6.45, 7) is -0.467. The maximum absolute atomic E-state index is 13.0. The van der Waals surface area contributed by atoms with Crippen molar-refractivity contribution in [1.29, 1.82) is 0 Å². The van der Waals surface area contributed by atoms with Crippen molar-refractivity contribution < 1.29 is 43.2 Å². The summed E-state index contributed by atoms with van der Waals surface area (Å²) in [6.07, 6.45) is 0.912. The number of nitrogens with zero attached hydrogens (tertiary/aromatic N) is 3. The number of non-ortho nitro benzene ring substituents is 1. The number of amides is 3. The van der Waals surface area contributed by atoms with Gasteiger partial charge in [0.25, 0.3) is 5.69 Å². The van der Waals surface area contributed by atoms with Gasteiger partial charge in [0, 0.05) is 29.6 Å². The molecule has 0 bridgehead atoms. The number of hydrogen-bond donors (Lipinski definition) is 1. The quantitative estimate of drug-likeness (QED) is 0.0909. The molecule has 2 fully saturated rings. The van der Waals surface area contributed by atoms with Crippen LogP contribution in [0.15, 0.2) is 36.4 Å². The van der Waals surface area contributed by atoms with E-state index >= 15 is 0 Å². The smallest absolute Gasteiger partial charge is 0.418 e. The van der Waals surface area contributed by atoms with Crippen LogP contribution in [-0.2, 0) is 16.1 Å². The molecule has 0 spiro atoms. The summed E-state index contributed by atoms with van der Waals surface area (Å²) >= 11 is 1.60. The second kappa shape index (κ2) is 13.4. The van der Waals surface area contributed by atoms with Crippen molar-refractivity contribution in [1.82, 2.24) is 10.2 Å². The normalized spacial score (nSPS) is 19.0. The van der Waals surface area contributed by atoms with Crippen molar-refractivity contribution in [3.8, 4) is 17.2 Å². The molecule has 0 aliphatic carbocycles. The van der Waals surface area contributed by atoms with Crippen molar-refractivity contribution >= 4 is 41.2 Å². The zero-order valence-electron chi connectivity index (χ0n) is 22.7. The minimum Gasteiger partial charge on any atom is -0.493 e. The lowest BCUT2D eigenvalue weighted by Gasteiger charge is -2.25. The number of carbonyl (C=O) groups excluding carboxylic acids is 3. The number of nitrogens with one attached hydrogen (secondary N) is 1. The number of nitro benzene ring substituents is 2. The number of benzene rings is 2. The molecule has 15 nitrogen and oxygen atoms in total. The highest BCUT2D eigenvalue weighted by Crippen LogP contribution is 2.41. The van der Waals surface area contributed by atoms with E-state index in [0.29, 0.717) is 25.0 Å². The van der Waals surface area contributed by atoms with E-state index in [-0.39, 0.29) is 46.2 Å². The number of hydrogen-bond acceptors (Lipinski definition) is 12. The maximum atomic E-state index is 13.0. The first-order valence-electron chi connectivity index (χ1n) is 12.9. The molecule has 0 aromatic heterocycles. The Hall–Kier alpha value is -4.60. The Balaban J connectivity index is 1.31. The predicted octanol–water partition coefficient (Wildman–Crippen LogP) is 4.20. The second-order valence-electron chi connectivity index (χ2n) is 9.38. The van der Waals surface area contributed by atoms with Crippen LogP contribution in [0.2, 0.25) is 0 Å². The molecule has 0 radical (unpaired) electrons. The van der Waals surface area contributed by atoms with Gasteiger partial charge in [-0.2, -0.15) is 11.8 Å². The largest absolute Gasteiger partial charge is 0.493 e. The average Bonchev–Trinajstić information content (AvgIpc) is 3.51. The van der Waals surface area contributed by atoms with Gasteiger partial charge >= 0.3 is 23.8 Å². The van der Waals surface area contributed by atoms with Crippen molar-refractivity contribution in [2.45, 2.75) is 49.6 Å². The first-order valence-corrected chi connectivity index (χ1v) is 13.9. The van der Waals surface area contributed by atoms with Gasteiger partial charge in [-0.25, -0.2) is 14.5 Å². The molecule has 3 atom stereocenters. The summed E-state index contributed by atoms with van der Waals surface area (Å²) in [7, 11) is 2.60.